The van der Waals surface area contributed by atoms with Gasteiger partial charge in [-0.05, 0) is 36.8 Å². The largest absolute Gasteiger partial charge is 0.494 e. The topological polar surface area (TPSA) is 145 Å². The van der Waals surface area contributed by atoms with Crippen LogP contribution in [0.25, 0.3) is 34.0 Å². The number of hydrogen-bond acceptors (Lipinski definition) is 8. The van der Waals surface area contributed by atoms with Crippen molar-refractivity contribution in [3.8, 4) is 39.8 Å². The molecule has 2 aromatic carbocycles. The van der Waals surface area contributed by atoms with Crippen LogP contribution >= 0.6 is 0 Å². The molecule has 234 valence electrons. The molecular weight excluding hydrogens is 607 g/mol. The molecule has 2 aliphatic heterocycles. The van der Waals surface area contributed by atoms with Crippen molar-refractivity contribution in [1.29, 1.82) is 0 Å². The van der Waals surface area contributed by atoms with E-state index in [0.717, 1.165) is 22.9 Å². The minimum Gasteiger partial charge on any atom is -0.494 e. The highest BCUT2D eigenvalue weighted by atomic mass is 19.4. The number of amides is 1. The Hall–Kier alpha value is -5.41. The number of aliphatic carboxylic acids is 1. The number of carbonyl (C=O) groups excluding carboxylic acids is 1. The Morgan fingerprint density at radius 2 is 1.84 bits per heavy atom. The minimum atomic E-state index is -4.79. The van der Waals surface area contributed by atoms with Gasteiger partial charge in [0.15, 0.2) is 29.3 Å². The first-order valence-electron chi connectivity index (χ1n) is 13.4. The molecule has 0 bridgehead atoms. The van der Waals surface area contributed by atoms with Crippen molar-refractivity contribution >= 4 is 11.9 Å². The molecule has 0 aliphatic carbocycles. The lowest BCUT2D eigenvalue weighted by Gasteiger charge is -2.17. The Bertz CT molecular complexity index is 1820. The zero-order chi connectivity index (χ0) is 32.3. The van der Waals surface area contributed by atoms with Crippen molar-refractivity contribution in [1.82, 2.24) is 30.2 Å². The second kappa shape index (κ2) is 12.7. The zero-order valence-corrected chi connectivity index (χ0v) is 23.3. The molecule has 0 saturated heterocycles. The molecule has 0 fully saturated rings. The first-order chi connectivity index (χ1) is 21.5. The van der Waals surface area contributed by atoms with Gasteiger partial charge in [-0.3, -0.25) is 14.3 Å². The van der Waals surface area contributed by atoms with Crippen LogP contribution in [0, 0.1) is 11.6 Å². The predicted molar refractivity (Wildman–Crippen MR) is 146 cm³/mol. The predicted octanol–water partition coefficient (Wildman–Crippen LogP) is 5.37. The van der Waals surface area contributed by atoms with Gasteiger partial charge in [0.1, 0.15) is 22.8 Å². The molecule has 11 nitrogen and oxygen atoms in total. The van der Waals surface area contributed by atoms with E-state index in [1.165, 1.54) is 36.7 Å². The van der Waals surface area contributed by atoms with E-state index in [1.54, 1.807) is 0 Å². The lowest BCUT2D eigenvalue weighted by atomic mass is 10.0. The highest BCUT2D eigenvalue weighted by Gasteiger charge is 2.36. The molecule has 3 aromatic rings. The number of rotatable bonds is 11. The lowest BCUT2D eigenvalue weighted by Crippen LogP contribution is -2.35. The molecule has 2 aliphatic rings. The third kappa shape index (κ3) is 6.73. The number of halogens is 5. The molecule has 1 unspecified atom stereocenters. The highest BCUT2D eigenvalue weighted by Crippen LogP contribution is 2.40. The standard InChI is InChI=1S/C29H23F5N6O5/c1-2-10-44-15-6-7-16(18(11-15)29(32,33)34)20-12-23(45-39-20)26(28(43)35-9-8-24(41)42)40-14-22-21(13-36-40)37-27(38-22)17-4-3-5-19(30)25(17)31/h3-7,11-14,26H,2,8-10H2,1H3,(H,35,43)(H,41,42). The van der Waals surface area contributed by atoms with Crippen LogP contribution in [0.1, 0.15) is 37.1 Å². The molecule has 2 N–H and O–H groups in total. The van der Waals surface area contributed by atoms with Crippen molar-refractivity contribution in [2.75, 3.05) is 13.2 Å². The van der Waals surface area contributed by atoms with E-state index < -0.39 is 47.7 Å². The van der Waals surface area contributed by atoms with Crippen molar-refractivity contribution < 1.29 is 45.9 Å². The summed E-state index contributed by atoms with van der Waals surface area (Å²) in [5, 5.41) is 19.3. The van der Waals surface area contributed by atoms with Gasteiger partial charge in [0.25, 0.3) is 5.91 Å². The number of nitrogens with one attached hydrogen (secondary N) is 1. The van der Waals surface area contributed by atoms with E-state index in [1.807, 2.05) is 6.92 Å². The lowest BCUT2D eigenvalue weighted by molar-refractivity contribution is -0.138. The maximum absolute atomic E-state index is 14.4. The summed E-state index contributed by atoms with van der Waals surface area (Å²) in [5.41, 5.74) is -1.59. The third-order valence-corrected chi connectivity index (χ3v) is 6.47. The highest BCUT2D eigenvalue weighted by molar-refractivity contribution is 5.84. The number of aromatic nitrogens is 5. The Morgan fingerprint density at radius 3 is 2.58 bits per heavy atom. The van der Waals surface area contributed by atoms with Gasteiger partial charge in [-0.15, -0.1) is 0 Å². The van der Waals surface area contributed by atoms with Gasteiger partial charge in [0.2, 0.25) is 0 Å². The van der Waals surface area contributed by atoms with Crippen LogP contribution in [-0.2, 0) is 15.8 Å². The van der Waals surface area contributed by atoms with Crippen LogP contribution in [-0.4, -0.2) is 55.0 Å². The Balaban J connectivity index is 1.55. The fraction of sp³-hybridized carbons (Fsp3) is 0.241. The van der Waals surface area contributed by atoms with E-state index in [-0.39, 0.29) is 58.7 Å². The number of hydrogen-bond donors (Lipinski definition) is 2. The van der Waals surface area contributed by atoms with Crippen molar-refractivity contribution in [2.24, 2.45) is 0 Å². The van der Waals surface area contributed by atoms with E-state index in [9.17, 15) is 31.5 Å². The summed E-state index contributed by atoms with van der Waals surface area (Å²) < 4.78 is 82.0. The Labute approximate surface area is 251 Å². The number of imidazole rings is 1. The molecule has 0 radical (unpaired) electrons. The summed E-state index contributed by atoms with van der Waals surface area (Å²) >= 11 is 0. The van der Waals surface area contributed by atoms with Crippen molar-refractivity contribution in [2.45, 2.75) is 32.0 Å². The molecule has 0 spiro atoms. The van der Waals surface area contributed by atoms with Gasteiger partial charge in [-0.1, -0.05) is 18.1 Å². The van der Waals surface area contributed by atoms with Crippen LogP contribution in [0.5, 0.6) is 5.75 Å². The Kier molecular flexibility index (Phi) is 8.74. The zero-order valence-electron chi connectivity index (χ0n) is 23.3. The van der Waals surface area contributed by atoms with Gasteiger partial charge in [-0.25, -0.2) is 18.7 Å². The van der Waals surface area contributed by atoms with E-state index >= 15 is 0 Å². The summed E-state index contributed by atoms with van der Waals surface area (Å²) in [5.74, 6) is -4.68. The summed E-state index contributed by atoms with van der Waals surface area (Å²) in [7, 11) is 0. The maximum atomic E-state index is 14.4. The third-order valence-electron chi connectivity index (χ3n) is 6.47. The average molecular weight is 631 g/mol. The number of nitrogens with zero attached hydrogens (tertiary/aromatic N) is 5. The van der Waals surface area contributed by atoms with Crippen LogP contribution in [0.4, 0.5) is 22.0 Å². The first-order valence-corrected chi connectivity index (χ1v) is 13.4. The van der Waals surface area contributed by atoms with E-state index in [2.05, 4.69) is 25.5 Å². The summed E-state index contributed by atoms with van der Waals surface area (Å²) in [6, 6.07) is 6.47. The van der Waals surface area contributed by atoms with Gasteiger partial charge in [0, 0.05) is 18.2 Å². The molecule has 1 amide bonds. The average Bonchev–Trinajstić information content (AvgIpc) is 3.64. The number of carbonyl (C=O) groups is 2. The molecule has 0 saturated carbocycles. The van der Waals surface area contributed by atoms with Gasteiger partial charge in [0.05, 0.1) is 36.5 Å². The molecule has 5 rings (SSSR count). The molecule has 45 heavy (non-hydrogen) atoms. The second-order valence-electron chi connectivity index (χ2n) is 9.68. The van der Waals surface area contributed by atoms with Crippen LogP contribution < -0.4 is 10.1 Å². The summed E-state index contributed by atoms with van der Waals surface area (Å²) in [4.78, 5) is 32.7. The van der Waals surface area contributed by atoms with Crippen molar-refractivity contribution in [3.05, 3.63) is 77.8 Å². The van der Waals surface area contributed by atoms with Crippen LogP contribution in [0.2, 0.25) is 0 Å². The SMILES string of the molecule is CCCOc1ccc(-c2cc(C(C(=O)NCCC(=O)O)n3cc4nc(-c5cccc(F)c5F)nc-4cn3)on2)c(C(F)(F)F)c1. The summed E-state index contributed by atoms with van der Waals surface area (Å²) in [6.45, 7) is 1.73. The normalized spacial score (nSPS) is 12.3. The molecule has 1 atom stereocenters. The minimum absolute atomic E-state index is 0.00804. The smallest absolute Gasteiger partial charge is 0.417 e. The quantitative estimate of drug-likeness (QED) is 0.184. The fourth-order valence-corrected chi connectivity index (χ4v) is 4.38. The molecule has 16 heteroatoms. The molecule has 1 aromatic heterocycles. The monoisotopic (exact) mass is 630 g/mol. The van der Waals surface area contributed by atoms with E-state index in [4.69, 9.17) is 14.4 Å². The number of carboxylic acids is 1. The maximum Gasteiger partial charge on any atom is 0.417 e. The summed E-state index contributed by atoms with van der Waals surface area (Å²) in [6.07, 6.45) is -2.19. The van der Waals surface area contributed by atoms with Crippen LogP contribution in [0.3, 0.4) is 0 Å². The number of ether oxygens (including phenoxy) is 1. The number of fused-ring (bicyclic) bond motifs is 1. The molecular formula is C29H23F5N6O5. The number of alkyl halides is 3. The van der Waals surface area contributed by atoms with Gasteiger partial charge >= 0.3 is 12.1 Å². The molecule has 3 heterocycles. The van der Waals surface area contributed by atoms with E-state index in [0.29, 0.717) is 6.42 Å². The van der Waals surface area contributed by atoms with Crippen molar-refractivity contribution in [3.63, 3.8) is 0 Å². The first kappa shape index (κ1) is 31.0. The van der Waals surface area contributed by atoms with Crippen LogP contribution in [0.15, 0.2) is 59.4 Å². The van der Waals surface area contributed by atoms with Gasteiger partial charge in [-0.2, -0.15) is 18.3 Å². The number of benzene rings is 2. The van der Waals surface area contributed by atoms with Gasteiger partial charge < -0.3 is 19.7 Å². The number of carboxylic acid groups (broad SMARTS) is 1. The Morgan fingerprint density at radius 1 is 1.07 bits per heavy atom. The second-order valence-corrected chi connectivity index (χ2v) is 9.68. The fourth-order valence-electron chi connectivity index (χ4n) is 4.38.